The second-order valence-electron chi connectivity index (χ2n) is 4.75. The Hall–Kier alpha value is -3.34. The number of rotatable bonds is 3. The number of nitrogens with zero attached hydrogens (tertiary/aromatic N) is 5. The number of benzene rings is 1. The zero-order valence-electron chi connectivity index (χ0n) is 12.3. The summed E-state index contributed by atoms with van der Waals surface area (Å²) in [4.78, 5) is 27.0. The SMILES string of the molecule is Cc1c/c(=N\NC(=O)c2ccc([N+](=O)[O-])cc2)n2nc(N)sc2n1. The number of amides is 1. The first-order chi connectivity index (χ1) is 11.4. The van der Waals surface area contributed by atoms with Gasteiger partial charge in [-0.3, -0.25) is 14.9 Å². The van der Waals surface area contributed by atoms with Gasteiger partial charge < -0.3 is 5.73 Å². The lowest BCUT2D eigenvalue weighted by Gasteiger charge is -2.00. The summed E-state index contributed by atoms with van der Waals surface area (Å²) in [5, 5.41) is 19.0. The third-order valence-corrected chi connectivity index (χ3v) is 3.75. The summed E-state index contributed by atoms with van der Waals surface area (Å²) in [6.45, 7) is 1.78. The molecule has 0 bridgehead atoms. The number of hydrogen-bond donors (Lipinski definition) is 2. The summed E-state index contributed by atoms with van der Waals surface area (Å²) in [5.74, 6) is -0.503. The first kappa shape index (κ1) is 15.6. The van der Waals surface area contributed by atoms with E-state index in [1.807, 2.05) is 0 Å². The molecular weight excluding hydrogens is 334 g/mol. The fraction of sp³-hybridized carbons (Fsp3) is 0.0769. The molecular formula is C13H11N7O3S. The van der Waals surface area contributed by atoms with Crippen LogP contribution in [0.25, 0.3) is 4.96 Å². The van der Waals surface area contributed by atoms with E-state index in [1.165, 1.54) is 40.1 Å². The van der Waals surface area contributed by atoms with Crippen LogP contribution in [-0.2, 0) is 0 Å². The molecule has 0 saturated heterocycles. The van der Waals surface area contributed by atoms with Crippen LogP contribution < -0.4 is 16.6 Å². The van der Waals surface area contributed by atoms with Gasteiger partial charge in [-0.25, -0.2) is 10.4 Å². The number of anilines is 1. The van der Waals surface area contributed by atoms with E-state index in [0.717, 1.165) is 0 Å². The number of carbonyl (C=O) groups excluding carboxylic acids is 1. The molecule has 0 spiro atoms. The van der Waals surface area contributed by atoms with Crippen LogP contribution in [0, 0.1) is 17.0 Å². The van der Waals surface area contributed by atoms with Gasteiger partial charge in [-0.2, -0.15) is 9.62 Å². The summed E-state index contributed by atoms with van der Waals surface area (Å²) in [7, 11) is 0. The second kappa shape index (κ2) is 6.04. The predicted molar refractivity (Wildman–Crippen MR) is 86.1 cm³/mol. The van der Waals surface area contributed by atoms with Gasteiger partial charge in [0.25, 0.3) is 11.6 Å². The molecule has 0 aliphatic heterocycles. The van der Waals surface area contributed by atoms with Crippen molar-refractivity contribution in [2.24, 2.45) is 5.10 Å². The molecule has 1 amide bonds. The Labute approximate surface area is 138 Å². The molecule has 10 nitrogen and oxygen atoms in total. The van der Waals surface area contributed by atoms with Crippen molar-refractivity contribution < 1.29 is 9.72 Å². The standard InChI is InChI=1S/C13H11N7O3S/c1-7-6-10(19-13(15-7)24-12(14)18-19)16-17-11(21)8-2-4-9(5-3-8)20(22)23/h2-6H,1H3,(H2,14,18)(H,17,21)/b16-10+. The number of aromatic nitrogens is 3. The number of non-ortho nitro benzene ring substituents is 1. The van der Waals surface area contributed by atoms with Crippen molar-refractivity contribution in [2.45, 2.75) is 6.92 Å². The first-order valence-corrected chi connectivity index (χ1v) is 7.47. The number of nitro benzene ring substituents is 1. The van der Waals surface area contributed by atoms with Crippen LogP contribution in [0.4, 0.5) is 10.8 Å². The Balaban J connectivity index is 1.90. The maximum atomic E-state index is 12.1. The molecule has 3 N–H and O–H groups in total. The molecule has 0 unspecified atom stereocenters. The van der Waals surface area contributed by atoms with Crippen molar-refractivity contribution in [3.63, 3.8) is 0 Å². The van der Waals surface area contributed by atoms with E-state index >= 15 is 0 Å². The van der Waals surface area contributed by atoms with Crippen LogP contribution in [0.5, 0.6) is 0 Å². The highest BCUT2D eigenvalue weighted by Gasteiger charge is 2.09. The number of fused-ring (bicyclic) bond motifs is 1. The molecule has 11 heteroatoms. The van der Waals surface area contributed by atoms with Gasteiger partial charge in [0.1, 0.15) is 0 Å². The Morgan fingerprint density at radius 3 is 2.79 bits per heavy atom. The highest BCUT2D eigenvalue weighted by atomic mass is 32.1. The van der Waals surface area contributed by atoms with Gasteiger partial charge in [0, 0.05) is 29.5 Å². The van der Waals surface area contributed by atoms with Crippen LogP contribution in [0.1, 0.15) is 16.1 Å². The molecule has 0 fully saturated rings. The number of nitrogens with one attached hydrogen (secondary N) is 1. The highest BCUT2D eigenvalue weighted by Crippen LogP contribution is 2.13. The lowest BCUT2D eigenvalue weighted by Crippen LogP contribution is -2.25. The summed E-state index contributed by atoms with van der Waals surface area (Å²) in [6, 6.07) is 6.84. The molecule has 0 saturated carbocycles. The van der Waals surface area contributed by atoms with Crippen molar-refractivity contribution in [3.05, 3.63) is 57.2 Å². The van der Waals surface area contributed by atoms with Crippen molar-refractivity contribution in [1.82, 2.24) is 20.0 Å². The van der Waals surface area contributed by atoms with Crippen LogP contribution in [0.2, 0.25) is 0 Å². The normalized spacial score (nSPS) is 11.6. The van der Waals surface area contributed by atoms with Gasteiger partial charge in [0.05, 0.1) is 4.92 Å². The first-order valence-electron chi connectivity index (χ1n) is 6.65. The van der Waals surface area contributed by atoms with E-state index in [9.17, 15) is 14.9 Å². The average molecular weight is 345 g/mol. The summed E-state index contributed by atoms with van der Waals surface area (Å²) in [5.41, 5.74) is 9.25. The molecule has 0 aliphatic carbocycles. The minimum Gasteiger partial charge on any atom is -0.374 e. The number of carbonyl (C=O) groups is 1. The van der Waals surface area contributed by atoms with Gasteiger partial charge in [0.15, 0.2) is 5.49 Å². The number of nitrogen functional groups attached to an aromatic ring is 1. The number of hydrogen-bond acceptors (Lipinski definition) is 8. The second-order valence-corrected chi connectivity index (χ2v) is 5.73. The average Bonchev–Trinajstić information content (AvgIpc) is 2.92. The third kappa shape index (κ3) is 3.05. The highest BCUT2D eigenvalue weighted by molar-refractivity contribution is 7.20. The van der Waals surface area contributed by atoms with Crippen molar-refractivity contribution in [1.29, 1.82) is 0 Å². The van der Waals surface area contributed by atoms with Crippen molar-refractivity contribution in [2.75, 3.05) is 5.73 Å². The van der Waals surface area contributed by atoms with Crippen LogP contribution >= 0.6 is 11.3 Å². The van der Waals surface area contributed by atoms with Crippen molar-refractivity contribution in [3.8, 4) is 0 Å². The molecule has 0 atom stereocenters. The van der Waals surface area contributed by atoms with Crippen LogP contribution in [0.15, 0.2) is 35.4 Å². The Morgan fingerprint density at radius 2 is 2.12 bits per heavy atom. The monoisotopic (exact) mass is 345 g/mol. The molecule has 0 radical (unpaired) electrons. The van der Waals surface area contributed by atoms with E-state index < -0.39 is 10.8 Å². The fourth-order valence-corrected chi connectivity index (χ4v) is 2.66. The topological polar surface area (TPSA) is 141 Å². The van der Waals surface area contributed by atoms with E-state index in [0.29, 0.717) is 21.3 Å². The quantitative estimate of drug-likeness (QED) is 0.532. The molecule has 3 rings (SSSR count). The lowest BCUT2D eigenvalue weighted by atomic mass is 10.2. The van der Waals surface area contributed by atoms with Crippen LogP contribution in [-0.4, -0.2) is 25.4 Å². The lowest BCUT2D eigenvalue weighted by molar-refractivity contribution is -0.384. The Morgan fingerprint density at radius 1 is 1.42 bits per heavy atom. The number of aryl methyl sites for hydroxylation is 1. The minimum atomic E-state index is -0.536. The van der Waals surface area contributed by atoms with Gasteiger partial charge in [-0.1, -0.05) is 11.3 Å². The van der Waals surface area contributed by atoms with Gasteiger partial charge in [-0.05, 0) is 19.1 Å². The molecule has 1 aromatic carbocycles. The maximum absolute atomic E-state index is 12.1. The van der Waals surface area contributed by atoms with Crippen molar-refractivity contribution >= 4 is 33.0 Å². The minimum absolute atomic E-state index is 0.0940. The smallest absolute Gasteiger partial charge is 0.271 e. The van der Waals surface area contributed by atoms with Gasteiger partial charge >= 0.3 is 0 Å². The maximum Gasteiger partial charge on any atom is 0.271 e. The molecule has 0 aliphatic rings. The Kier molecular flexibility index (Phi) is 3.92. The third-order valence-electron chi connectivity index (χ3n) is 3.01. The number of nitrogens with two attached hydrogens (primary N) is 1. The van der Waals surface area contributed by atoms with Gasteiger partial charge in [-0.15, -0.1) is 5.10 Å². The fourth-order valence-electron chi connectivity index (χ4n) is 1.94. The van der Waals surface area contributed by atoms with E-state index in [-0.39, 0.29) is 11.3 Å². The van der Waals surface area contributed by atoms with Crippen LogP contribution in [0.3, 0.4) is 0 Å². The van der Waals surface area contributed by atoms with Gasteiger partial charge in [0.2, 0.25) is 10.1 Å². The number of nitro groups is 1. The molecule has 122 valence electrons. The zero-order valence-corrected chi connectivity index (χ0v) is 13.1. The molecule has 2 heterocycles. The summed E-state index contributed by atoms with van der Waals surface area (Å²) >= 11 is 1.20. The molecule has 2 aromatic heterocycles. The predicted octanol–water partition coefficient (Wildman–Crippen LogP) is 0.835. The summed E-state index contributed by atoms with van der Waals surface area (Å²) in [6.07, 6.45) is 0. The zero-order chi connectivity index (χ0) is 17.3. The van der Waals surface area contributed by atoms with E-state index in [4.69, 9.17) is 5.73 Å². The molecule has 3 aromatic rings. The largest absolute Gasteiger partial charge is 0.374 e. The Bertz CT molecular complexity index is 1010. The molecule has 24 heavy (non-hydrogen) atoms. The van der Waals surface area contributed by atoms with E-state index in [1.54, 1.807) is 13.0 Å². The van der Waals surface area contributed by atoms with E-state index in [2.05, 4.69) is 20.6 Å². The summed E-state index contributed by atoms with van der Waals surface area (Å²) < 4.78 is 1.42.